The first kappa shape index (κ1) is 19.5. The standard InChI is InChI=1S/C24H29ClN2O/c1-18-4-2-5-19(14-18)16-27-13-3-6-20(17-27)15-26-23(28)24(11-12-24)21-7-9-22(25)10-8-21/h2,4-5,7-10,14,20H,3,6,11-13,15-17H2,1H3,(H,26,28)/t20-/m0/s1. The van der Waals surface area contributed by atoms with Crippen molar-refractivity contribution in [3.63, 3.8) is 0 Å². The van der Waals surface area contributed by atoms with E-state index < -0.39 is 0 Å². The second kappa shape index (κ2) is 8.26. The maximum absolute atomic E-state index is 12.9. The van der Waals surface area contributed by atoms with E-state index in [2.05, 4.69) is 41.4 Å². The summed E-state index contributed by atoms with van der Waals surface area (Å²) in [5.74, 6) is 0.717. The van der Waals surface area contributed by atoms with Crippen LogP contribution in [-0.4, -0.2) is 30.4 Å². The molecule has 1 heterocycles. The number of carbonyl (C=O) groups is 1. The summed E-state index contributed by atoms with van der Waals surface area (Å²) in [5.41, 5.74) is 3.47. The van der Waals surface area contributed by atoms with Gasteiger partial charge in [-0.2, -0.15) is 0 Å². The summed E-state index contributed by atoms with van der Waals surface area (Å²) in [6, 6.07) is 16.5. The highest BCUT2D eigenvalue weighted by Crippen LogP contribution is 2.48. The van der Waals surface area contributed by atoms with Gasteiger partial charge in [-0.3, -0.25) is 9.69 Å². The molecule has 0 aromatic heterocycles. The van der Waals surface area contributed by atoms with Crippen LogP contribution >= 0.6 is 11.6 Å². The normalized spacial score (nSPS) is 21.3. The van der Waals surface area contributed by atoms with Gasteiger partial charge in [0.25, 0.3) is 0 Å². The van der Waals surface area contributed by atoms with Crippen LogP contribution in [0.2, 0.25) is 5.02 Å². The Labute approximate surface area is 173 Å². The van der Waals surface area contributed by atoms with Crippen molar-refractivity contribution in [3.05, 3.63) is 70.2 Å². The van der Waals surface area contributed by atoms with E-state index in [-0.39, 0.29) is 11.3 Å². The Morgan fingerprint density at radius 1 is 1.21 bits per heavy atom. The molecule has 3 nitrogen and oxygen atoms in total. The third kappa shape index (κ3) is 4.42. The number of benzene rings is 2. The summed E-state index contributed by atoms with van der Waals surface area (Å²) in [7, 11) is 0. The van der Waals surface area contributed by atoms with Crippen molar-refractivity contribution >= 4 is 17.5 Å². The van der Waals surface area contributed by atoms with Crippen LogP contribution in [0.15, 0.2) is 48.5 Å². The average molecular weight is 397 g/mol. The molecule has 2 fully saturated rings. The lowest BCUT2D eigenvalue weighted by atomic mass is 9.93. The molecule has 0 unspecified atom stereocenters. The Bertz CT molecular complexity index is 829. The van der Waals surface area contributed by atoms with Crippen LogP contribution in [0.4, 0.5) is 0 Å². The van der Waals surface area contributed by atoms with Crippen molar-refractivity contribution in [2.45, 2.75) is 44.6 Å². The monoisotopic (exact) mass is 396 g/mol. The first-order valence-electron chi connectivity index (χ1n) is 10.4. The Morgan fingerprint density at radius 3 is 2.71 bits per heavy atom. The van der Waals surface area contributed by atoms with Gasteiger partial charge in [-0.25, -0.2) is 0 Å². The molecule has 28 heavy (non-hydrogen) atoms. The van der Waals surface area contributed by atoms with Gasteiger partial charge >= 0.3 is 0 Å². The lowest BCUT2D eigenvalue weighted by Gasteiger charge is -2.33. The van der Waals surface area contributed by atoms with Crippen LogP contribution in [0.25, 0.3) is 0 Å². The van der Waals surface area contributed by atoms with E-state index in [4.69, 9.17) is 11.6 Å². The van der Waals surface area contributed by atoms with E-state index in [0.717, 1.165) is 49.6 Å². The van der Waals surface area contributed by atoms with Crippen molar-refractivity contribution in [2.75, 3.05) is 19.6 Å². The molecular weight excluding hydrogens is 368 g/mol. The number of hydrogen-bond donors (Lipinski definition) is 1. The minimum absolute atomic E-state index is 0.186. The van der Waals surface area contributed by atoms with Crippen LogP contribution in [0.5, 0.6) is 0 Å². The van der Waals surface area contributed by atoms with Gasteiger partial charge in [-0.1, -0.05) is 53.6 Å². The van der Waals surface area contributed by atoms with Crippen molar-refractivity contribution in [2.24, 2.45) is 5.92 Å². The van der Waals surface area contributed by atoms with Gasteiger partial charge in [0.1, 0.15) is 0 Å². The zero-order valence-electron chi connectivity index (χ0n) is 16.6. The fraction of sp³-hybridized carbons (Fsp3) is 0.458. The fourth-order valence-electron chi connectivity index (χ4n) is 4.48. The minimum atomic E-state index is -0.319. The molecule has 2 aromatic carbocycles. The van der Waals surface area contributed by atoms with Gasteiger partial charge in [0.2, 0.25) is 5.91 Å². The second-order valence-corrected chi connectivity index (χ2v) is 8.97. The number of halogens is 1. The number of piperidine rings is 1. The largest absolute Gasteiger partial charge is 0.355 e. The molecule has 1 N–H and O–H groups in total. The van der Waals surface area contributed by atoms with Crippen LogP contribution < -0.4 is 5.32 Å². The van der Waals surface area contributed by atoms with Crippen LogP contribution in [-0.2, 0) is 16.8 Å². The molecule has 1 aliphatic heterocycles. The highest BCUT2D eigenvalue weighted by Gasteiger charge is 2.51. The molecule has 148 valence electrons. The minimum Gasteiger partial charge on any atom is -0.355 e. The summed E-state index contributed by atoms with van der Waals surface area (Å²) in [5, 5.41) is 3.98. The van der Waals surface area contributed by atoms with Gasteiger partial charge in [-0.05, 0) is 68.3 Å². The van der Waals surface area contributed by atoms with Gasteiger partial charge < -0.3 is 5.32 Å². The Kier molecular flexibility index (Phi) is 5.75. The second-order valence-electron chi connectivity index (χ2n) is 8.53. The first-order chi connectivity index (χ1) is 13.5. The van der Waals surface area contributed by atoms with E-state index in [0.29, 0.717) is 5.92 Å². The molecular formula is C24H29ClN2O. The van der Waals surface area contributed by atoms with E-state index in [1.807, 2.05) is 24.3 Å². The number of likely N-dealkylation sites (tertiary alicyclic amines) is 1. The van der Waals surface area contributed by atoms with Gasteiger partial charge in [-0.15, -0.1) is 0 Å². The molecule has 1 atom stereocenters. The van der Waals surface area contributed by atoms with Crippen molar-refractivity contribution in [1.29, 1.82) is 0 Å². The molecule has 0 radical (unpaired) electrons. The fourth-order valence-corrected chi connectivity index (χ4v) is 4.60. The third-order valence-corrected chi connectivity index (χ3v) is 6.48. The maximum atomic E-state index is 12.9. The molecule has 1 aliphatic carbocycles. The zero-order valence-corrected chi connectivity index (χ0v) is 17.3. The molecule has 4 heteroatoms. The number of hydrogen-bond acceptors (Lipinski definition) is 2. The van der Waals surface area contributed by atoms with Gasteiger partial charge in [0, 0.05) is 24.7 Å². The molecule has 2 aromatic rings. The van der Waals surface area contributed by atoms with E-state index >= 15 is 0 Å². The quantitative estimate of drug-likeness (QED) is 0.766. The topological polar surface area (TPSA) is 32.3 Å². The maximum Gasteiger partial charge on any atom is 0.230 e. The van der Waals surface area contributed by atoms with E-state index in [1.54, 1.807) is 0 Å². The van der Waals surface area contributed by atoms with Crippen molar-refractivity contribution < 1.29 is 4.79 Å². The number of nitrogens with zero attached hydrogens (tertiary/aromatic N) is 1. The summed E-state index contributed by atoms with van der Waals surface area (Å²) < 4.78 is 0. The Morgan fingerprint density at radius 2 is 2.00 bits per heavy atom. The third-order valence-electron chi connectivity index (χ3n) is 6.22. The Hall–Kier alpha value is -1.84. The van der Waals surface area contributed by atoms with Gasteiger partial charge in [0.15, 0.2) is 0 Å². The molecule has 4 rings (SSSR count). The molecule has 1 saturated heterocycles. The average Bonchev–Trinajstić information content (AvgIpc) is 3.49. The van der Waals surface area contributed by atoms with Gasteiger partial charge in [0.05, 0.1) is 5.41 Å². The number of amides is 1. The molecule has 1 saturated carbocycles. The molecule has 0 spiro atoms. The summed E-state index contributed by atoms with van der Waals surface area (Å²) >= 11 is 6.00. The van der Waals surface area contributed by atoms with Crippen LogP contribution in [0, 0.1) is 12.8 Å². The SMILES string of the molecule is Cc1cccc(CN2CCC[C@@H](CNC(=O)C3(c4ccc(Cl)cc4)CC3)C2)c1. The number of aryl methyl sites for hydroxylation is 1. The van der Waals surface area contributed by atoms with Crippen LogP contribution in [0.1, 0.15) is 42.4 Å². The summed E-state index contributed by atoms with van der Waals surface area (Å²) in [4.78, 5) is 15.4. The Balaban J connectivity index is 1.31. The molecule has 2 aliphatic rings. The highest BCUT2D eigenvalue weighted by atomic mass is 35.5. The number of carbonyl (C=O) groups excluding carboxylic acids is 1. The lowest BCUT2D eigenvalue weighted by molar-refractivity contribution is -0.123. The smallest absolute Gasteiger partial charge is 0.230 e. The molecule has 0 bridgehead atoms. The lowest BCUT2D eigenvalue weighted by Crippen LogP contribution is -2.43. The van der Waals surface area contributed by atoms with Crippen molar-refractivity contribution in [3.8, 4) is 0 Å². The zero-order chi connectivity index (χ0) is 19.6. The van der Waals surface area contributed by atoms with Crippen molar-refractivity contribution in [1.82, 2.24) is 10.2 Å². The van der Waals surface area contributed by atoms with E-state index in [1.165, 1.54) is 24.0 Å². The van der Waals surface area contributed by atoms with Crippen LogP contribution in [0.3, 0.4) is 0 Å². The predicted molar refractivity (Wildman–Crippen MR) is 115 cm³/mol. The summed E-state index contributed by atoms with van der Waals surface area (Å²) in [6.07, 6.45) is 4.27. The number of nitrogens with one attached hydrogen (secondary N) is 1. The predicted octanol–water partition coefficient (Wildman–Crippen LogP) is 4.71. The summed E-state index contributed by atoms with van der Waals surface area (Å²) in [6.45, 7) is 6.13. The highest BCUT2D eigenvalue weighted by molar-refractivity contribution is 6.30. The molecule has 1 amide bonds. The first-order valence-corrected chi connectivity index (χ1v) is 10.8. The number of rotatable bonds is 6. The van der Waals surface area contributed by atoms with E-state index in [9.17, 15) is 4.79 Å².